The summed E-state index contributed by atoms with van der Waals surface area (Å²) in [6, 6.07) is 10.3. The van der Waals surface area contributed by atoms with Gasteiger partial charge in [0.2, 0.25) is 0 Å². The molecule has 0 unspecified atom stereocenters. The normalized spacial score (nSPS) is 10.5. The summed E-state index contributed by atoms with van der Waals surface area (Å²) in [5.41, 5.74) is 7.82. The van der Waals surface area contributed by atoms with Crippen molar-refractivity contribution in [1.82, 2.24) is 0 Å². The second kappa shape index (κ2) is 7.20. The molecule has 1 aromatic heterocycles. The van der Waals surface area contributed by atoms with Gasteiger partial charge in [0.15, 0.2) is 0 Å². The molecule has 0 aliphatic heterocycles. The Morgan fingerprint density at radius 1 is 1.25 bits per heavy atom. The molecule has 3 nitrogen and oxygen atoms in total. The minimum absolute atomic E-state index is 0.699. The standard InChI is InChI=1S/C16H22N2OS/c1-3-9-19-16-11-13(7-8-15(16)17)18(4-2)12-14-6-5-10-20-14/h5-8,10-11H,3-4,9,12,17H2,1-2H3. The number of benzene rings is 1. The van der Waals surface area contributed by atoms with E-state index in [4.69, 9.17) is 10.5 Å². The van der Waals surface area contributed by atoms with Gasteiger partial charge in [0.1, 0.15) is 5.75 Å². The summed E-state index contributed by atoms with van der Waals surface area (Å²) in [5.74, 6) is 0.786. The zero-order chi connectivity index (χ0) is 14.4. The SMILES string of the molecule is CCCOc1cc(N(CC)Cc2cccs2)ccc1N. The lowest BCUT2D eigenvalue weighted by Crippen LogP contribution is -2.21. The van der Waals surface area contributed by atoms with E-state index in [1.807, 2.05) is 12.1 Å². The molecule has 108 valence electrons. The van der Waals surface area contributed by atoms with Crippen LogP contribution >= 0.6 is 11.3 Å². The van der Waals surface area contributed by atoms with Gasteiger partial charge in [-0.25, -0.2) is 0 Å². The molecule has 0 amide bonds. The third-order valence-corrected chi connectivity index (χ3v) is 3.99. The molecule has 0 bridgehead atoms. The number of hydrogen-bond donors (Lipinski definition) is 1. The van der Waals surface area contributed by atoms with Crippen molar-refractivity contribution in [2.24, 2.45) is 0 Å². The van der Waals surface area contributed by atoms with Gasteiger partial charge < -0.3 is 15.4 Å². The van der Waals surface area contributed by atoms with Crippen molar-refractivity contribution in [2.75, 3.05) is 23.8 Å². The maximum Gasteiger partial charge on any atom is 0.144 e. The van der Waals surface area contributed by atoms with E-state index in [1.54, 1.807) is 11.3 Å². The van der Waals surface area contributed by atoms with Gasteiger partial charge in [-0.05, 0) is 36.9 Å². The van der Waals surface area contributed by atoms with Crippen LogP contribution in [-0.2, 0) is 6.54 Å². The Morgan fingerprint density at radius 3 is 2.75 bits per heavy atom. The maximum atomic E-state index is 5.97. The molecule has 0 aliphatic carbocycles. The van der Waals surface area contributed by atoms with Crippen LogP contribution in [0.3, 0.4) is 0 Å². The van der Waals surface area contributed by atoms with Gasteiger partial charge in [-0.15, -0.1) is 11.3 Å². The molecule has 20 heavy (non-hydrogen) atoms. The second-order valence-electron chi connectivity index (χ2n) is 4.66. The quantitative estimate of drug-likeness (QED) is 0.779. The van der Waals surface area contributed by atoms with Crippen molar-refractivity contribution in [1.29, 1.82) is 0 Å². The van der Waals surface area contributed by atoms with Crippen LogP contribution in [0, 0.1) is 0 Å². The Hall–Kier alpha value is -1.68. The van der Waals surface area contributed by atoms with E-state index in [1.165, 1.54) is 4.88 Å². The van der Waals surface area contributed by atoms with Crippen molar-refractivity contribution in [2.45, 2.75) is 26.8 Å². The molecule has 1 aromatic carbocycles. The monoisotopic (exact) mass is 290 g/mol. The second-order valence-corrected chi connectivity index (χ2v) is 5.70. The van der Waals surface area contributed by atoms with Gasteiger partial charge in [-0.1, -0.05) is 13.0 Å². The number of nitrogens with zero attached hydrogens (tertiary/aromatic N) is 1. The van der Waals surface area contributed by atoms with Gasteiger partial charge in [0.25, 0.3) is 0 Å². The average Bonchev–Trinajstić information content (AvgIpc) is 2.97. The minimum Gasteiger partial charge on any atom is -0.491 e. The van der Waals surface area contributed by atoms with Gasteiger partial charge in [0.05, 0.1) is 18.8 Å². The Bertz CT molecular complexity index is 525. The highest BCUT2D eigenvalue weighted by Gasteiger charge is 2.09. The fourth-order valence-electron chi connectivity index (χ4n) is 2.03. The summed E-state index contributed by atoms with van der Waals surface area (Å²) in [5, 5.41) is 2.11. The van der Waals surface area contributed by atoms with Gasteiger partial charge in [-0.2, -0.15) is 0 Å². The first-order valence-electron chi connectivity index (χ1n) is 7.04. The number of thiophene rings is 1. The molecule has 2 aromatic rings. The van der Waals surface area contributed by atoms with Crippen molar-refractivity contribution in [3.8, 4) is 5.75 Å². The van der Waals surface area contributed by atoms with Crippen molar-refractivity contribution in [3.05, 3.63) is 40.6 Å². The predicted molar refractivity (Wildman–Crippen MR) is 87.7 cm³/mol. The fourth-order valence-corrected chi connectivity index (χ4v) is 2.75. The van der Waals surface area contributed by atoms with Crippen LogP contribution in [0.25, 0.3) is 0 Å². The summed E-state index contributed by atoms with van der Waals surface area (Å²) in [6.07, 6.45) is 0.982. The van der Waals surface area contributed by atoms with Crippen LogP contribution in [0.5, 0.6) is 5.75 Å². The van der Waals surface area contributed by atoms with E-state index in [-0.39, 0.29) is 0 Å². The van der Waals surface area contributed by atoms with Crippen LogP contribution in [-0.4, -0.2) is 13.2 Å². The van der Waals surface area contributed by atoms with Crippen LogP contribution in [0.4, 0.5) is 11.4 Å². The Kier molecular flexibility index (Phi) is 5.30. The van der Waals surface area contributed by atoms with Crippen LogP contribution in [0.15, 0.2) is 35.7 Å². The Labute approximate surface area is 125 Å². The smallest absolute Gasteiger partial charge is 0.144 e. The van der Waals surface area contributed by atoms with Crippen LogP contribution < -0.4 is 15.4 Å². The summed E-state index contributed by atoms with van der Waals surface area (Å²) in [6.45, 7) is 6.83. The first kappa shape index (κ1) is 14.7. The lowest BCUT2D eigenvalue weighted by molar-refractivity contribution is 0.319. The molecule has 0 fully saturated rings. The van der Waals surface area contributed by atoms with Crippen LogP contribution in [0.1, 0.15) is 25.1 Å². The fraction of sp³-hybridized carbons (Fsp3) is 0.375. The third kappa shape index (κ3) is 3.67. The summed E-state index contributed by atoms with van der Waals surface area (Å²) in [7, 11) is 0. The highest BCUT2D eigenvalue weighted by molar-refractivity contribution is 7.09. The zero-order valence-electron chi connectivity index (χ0n) is 12.1. The van der Waals surface area contributed by atoms with Crippen LogP contribution in [0.2, 0.25) is 0 Å². The van der Waals surface area contributed by atoms with E-state index < -0.39 is 0 Å². The number of hydrogen-bond acceptors (Lipinski definition) is 4. The summed E-state index contributed by atoms with van der Waals surface area (Å²) in [4.78, 5) is 3.68. The Morgan fingerprint density at radius 2 is 2.10 bits per heavy atom. The molecule has 1 heterocycles. The predicted octanol–water partition coefficient (Wildman–Crippen LogP) is 4.15. The molecule has 0 spiro atoms. The molecule has 0 saturated heterocycles. The number of nitrogens with two attached hydrogens (primary N) is 1. The molecule has 0 aliphatic rings. The number of rotatable bonds is 7. The third-order valence-electron chi connectivity index (χ3n) is 3.13. The topological polar surface area (TPSA) is 38.5 Å². The number of ether oxygens (including phenoxy) is 1. The molecule has 2 rings (SSSR count). The van der Waals surface area contributed by atoms with Gasteiger partial charge in [0, 0.05) is 23.2 Å². The van der Waals surface area contributed by atoms with Crippen molar-refractivity contribution in [3.63, 3.8) is 0 Å². The minimum atomic E-state index is 0.699. The molecule has 4 heteroatoms. The molecule has 0 saturated carbocycles. The van der Waals surface area contributed by atoms with Crippen molar-refractivity contribution >= 4 is 22.7 Å². The Balaban J connectivity index is 2.16. The van der Waals surface area contributed by atoms with E-state index in [0.717, 1.165) is 30.9 Å². The molecular weight excluding hydrogens is 268 g/mol. The zero-order valence-corrected chi connectivity index (χ0v) is 13.0. The summed E-state index contributed by atoms with van der Waals surface area (Å²) < 4.78 is 5.71. The van der Waals surface area contributed by atoms with E-state index in [0.29, 0.717) is 12.3 Å². The van der Waals surface area contributed by atoms with E-state index in [9.17, 15) is 0 Å². The highest BCUT2D eigenvalue weighted by Crippen LogP contribution is 2.29. The maximum absolute atomic E-state index is 5.97. The molecule has 0 radical (unpaired) electrons. The lowest BCUT2D eigenvalue weighted by atomic mass is 10.2. The number of anilines is 2. The molecular formula is C16H22N2OS. The molecule has 0 atom stereocenters. The first-order valence-corrected chi connectivity index (χ1v) is 7.92. The average molecular weight is 290 g/mol. The van der Waals surface area contributed by atoms with E-state index >= 15 is 0 Å². The van der Waals surface area contributed by atoms with Gasteiger partial charge >= 0.3 is 0 Å². The largest absolute Gasteiger partial charge is 0.491 e. The number of nitrogen functional groups attached to an aromatic ring is 1. The lowest BCUT2D eigenvalue weighted by Gasteiger charge is -2.23. The van der Waals surface area contributed by atoms with Gasteiger partial charge in [-0.3, -0.25) is 0 Å². The first-order chi connectivity index (χ1) is 9.74. The summed E-state index contributed by atoms with van der Waals surface area (Å²) >= 11 is 1.78. The van der Waals surface area contributed by atoms with Crippen molar-refractivity contribution < 1.29 is 4.74 Å². The molecule has 2 N–H and O–H groups in total. The highest BCUT2D eigenvalue weighted by atomic mass is 32.1. The van der Waals surface area contributed by atoms with E-state index in [2.05, 4.69) is 42.3 Å².